The normalized spacial score (nSPS) is 25.4. The fraction of sp³-hybridized carbons (Fsp3) is 0.917. The molecule has 0 heterocycles. The van der Waals surface area contributed by atoms with Crippen molar-refractivity contribution in [3.8, 4) is 0 Å². The number of amides is 1. The van der Waals surface area contributed by atoms with Crippen molar-refractivity contribution in [3.05, 3.63) is 0 Å². The summed E-state index contributed by atoms with van der Waals surface area (Å²) >= 11 is 0. The topological polar surface area (TPSA) is 81.1 Å². The smallest absolute Gasteiger partial charge is 0.223 e. The molecule has 0 spiro atoms. The third-order valence-electron chi connectivity index (χ3n) is 3.48. The quantitative estimate of drug-likeness (QED) is 0.581. The lowest BCUT2D eigenvalue weighted by molar-refractivity contribution is -0.127. The van der Waals surface area contributed by atoms with Crippen molar-refractivity contribution < 1.29 is 4.79 Å². The predicted molar refractivity (Wildman–Crippen MR) is 65.8 cm³/mol. The van der Waals surface area contributed by atoms with Gasteiger partial charge in [-0.25, -0.2) is 0 Å². The zero-order chi connectivity index (χ0) is 11.8. The molecule has 1 aliphatic rings. The van der Waals surface area contributed by atoms with Gasteiger partial charge in [0, 0.05) is 12.5 Å². The largest absolute Gasteiger partial charge is 0.356 e. The van der Waals surface area contributed by atoms with Gasteiger partial charge >= 0.3 is 0 Å². The minimum atomic E-state index is 0.150. The fourth-order valence-corrected chi connectivity index (χ4v) is 2.45. The van der Waals surface area contributed by atoms with Gasteiger partial charge in [-0.1, -0.05) is 12.8 Å². The first-order valence-electron chi connectivity index (χ1n) is 6.47. The van der Waals surface area contributed by atoms with Gasteiger partial charge in [-0.2, -0.15) is 0 Å². The van der Waals surface area contributed by atoms with E-state index < -0.39 is 0 Å². The van der Waals surface area contributed by atoms with E-state index in [2.05, 4.69) is 5.32 Å². The van der Waals surface area contributed by atoms with Gasteiger partial charge in [0.15, 0.2) is 0 Å². The Morgan fingerprint density at radius 1 is 1.19 bits per heavy atom. The van der Waals surface area contributed by atoms with Crippen molar-refractivity contribution in [1.29, 1.82) is 0 Å². The van der Waals surface area contributed by atoms with Gasteiger partial charge in [-0.15, -0.1) is 0 Å². The van der Waals surface area contributed by atoms with Crippen LogP contribution in [0.5, 0.6) is 0 Å². The second-order valence-corrected chi connectivity index (χ2v) is 4.67. The highest BCUT2D eigenvalue weighted by molar-refractivity contribution is 5.79. The van der Waals surface area contributed by atoms with Gasteiger partial charge in [0.1, 0.15) is 0 Å². The Morgan fingerprint density at radius 3 is 2.62 bits per heavy atom. The van der Waals surface area contributed by atoms with Gasteiger partial charge in [-0.05, 0) is 44.7 Å². The molecule has 1 fully saturated rings. The van der Waals surface area contributed by atoms with E-state index in [0.29, 0.717) is 19.0 Å². The van der Waals surface area contributed by atoms with Gasteiger partial charge in [-0.3, -0.25) is 4.79 Å². The van der Waals surface area contributed by atoms with E-state index in [1.807, 2.05) is 0 Å². The van der Waals surface area contributed by atoms with E-state index >= 15 is 0 Å². The van der Waals surface area contributed by atoms with E-state index in [1.54, 1.807) is 0 Å². The summed E-state index contributed by atoms with van der Waals surface area (Å²) in [5.74, 6) is 0.743. The molecule has 0 radical (unpaired) electrons. The molecule has 4 heteroatoms. The van der Waals surface area contributed by atoms with Crippen LogP contribution in [0.25, 0.3) is 0 Å². The van der Waals surface area contributed by atoms with Gasteiger partial charge in [0.2, 0.25) is 5.91 Å². The van der Waals surface area contributed by atoms with Crippen molar-refractivity contribution in [2.75, 3.05) is 19.6 Å². The maximum absolute atomic E-state index is 11.9. The highest BCUT2D eigenvalue weighted by atomic mass is 16.1. The molecule has 0 aromatic carbocycles. The summed E-state index contributed by atoms with van der Waals surface area (Å²) < 4.78 is 0. The zero-order valence-electron chi connectivity index (χ0n) is 10.1. The van der Waals surface area contributed by atoms with Gasteiger partial charge in [0.25, 0.3) is 0 Å². The van der Waals surface area contributed by atoms with Gasteiger partial charge < -0.3 is 16.8 Å². The number of hydrogen-bond donors (Lipinski definition) is 3. The summed E-state index contributed by atoms with van der Waals surface area (Å²) in [4.78, 5) is 11.9. The lowest BCUT2D eigenvalue weighted by Crippen LogP contribution is -2.39. The summed E-state index contributed by atoms with van der Waals surface area (Å²) in [6.07, 6.45) is 6.45. The van der Waals surface area contributed by atoms with Crippen LogP contribution in [0.1, 0.15) is 38.5 Å². The summed E-state index contributed by atoms with van der Waals surface area (Å²) in [5, 5.41) is 3.00. The molecule has 5 N–H and O–H groups in total. The summed E-state index contributed by atoms with van der Waals surface area (Å²) in [5.41, 5.74) is 11.1. The van der Waals surface area contributed by atoms with Crippen LogP contribution < -0.4 is 16.8 Å². The third-order valence-corrected chi connectivity index (χ3v) is 3.48. The lowest BCUT2D eigenvalue weighted by Gasteiger charge is -2.29. The van der Waals surface area contributed by atoms with Crippen LogP contribution >= 0.6 is 0 Å². The molecule has 1 aliphatic carbocycles. The third kappa shape index (κ3) is 4.10. The standard InChI is InChI=1S/C12H25N3O/c13-7-3-4-8-15-12(16)11-6-2-1-5-10(11)9-14/h10-11H,1-9,13-14H2,(H,15,16). The molecule has 16 heavy (non-hydrogen) atoms. The molecule has 1 amide bonds. The highest BCUT2D eigenvalue weighted by Gasteiger charge is 2.29. The molecule has 0 aliphatic heterocycles. The summed E-state index contributed by atoms with van der Waals surface area (Å²) in [6.45, 7) is 2.09. The Bertz CT molecular complexity index is 208. The minimum absolute atomic E-state index is 0.150. The molecule has 0 aromatic rings. The van der Waals surface area contributed by atoms with E-state index in [1.165, 1.54) is 6.42 Å². The first kappa shape index (κ1) is 13.5. The second kappa shape index (κ2) is 7.63. The molecular formula is C12H25N3O. The van der Waals surface area contributed by atoms with Crippen LogP contribution in [0.2, 0.25) is 0 Å². The molecule has 94 valence electrons. The Balaban J connectivity index is 2.27. The van der Waals surface area contributed by atoms with E-state index in [0.717, 1.165) is 38.6 Å². The number of carbonyl (C=O) groups excluding carboxylic acids is 1. The van der Waals surface area contributed by atoms with E-state index in [4.69, 9.17) is 11.5 Å². The molecule has 1 rings (SSSR count). The number of carbonyl (C=O) groups is 1. The summed E-state index contributed by atoms with van der Waals surface area (Å²) in [7, 11) is 0. The van der Waals surface area contributed by atoms with E-state index in [-0.39, 0.29) is 11.8 Å². The Kier molecular flexibility index (Phi) is 6.42. The molecule has 0 aromatic heterocycles. The average Bonchev–Trinajstić information content (AvgIpc) is 2.34. The number of rotatable bonds is 6. The van der Waals surface area contributed by atoms with Crippen molar-refractivity contribution >= 4 is 5.91 Å². The highest BCUT2D eigenvalue weighted by Crippen LogP contribution is 2.29. The SMILES string of the molecule is NCCCCNC(=O)C1CCCCC1CN. The molecule has 0 bridgehead atoms. The molecule has 2 unspecified atom stereocenters. The predicted octanol–water partition coefficient (Wildman–Crippen LogP) is 0.607. The van der Waals surface area contributed by atoms with Crippen molar-refractivity contribution in [2.24, 2.45) is 23.3 Å². The monoisotopic (exact) mass is 227 g/mol. The van der Waals surface area contributed by atoms with Crippen LogP contribution in [0.15, 0.2) is 0 Å². The Labute approximate surface area is 98.1 Å². The molecule has 1 saturated carbocycles. The fourth-order valence-electron chi connectivity index (χ4n) is 2.45. The Morgan fingerprint density at radius 2 is 1.94 bits per heavy atom. The molecule has 2 atom stereocenters. The van der Waals surface area contributed by atoms with Gasteiger partial charge in [0.05, 0.1) is 0 Å². The molecular weight excluding hydrogens is 202 g/mol. The Hall–Kier alpha value is -0.610. The first-order valence-corrected chi connectivity index (χ1v) is 6.47. The molecule has 0 saturated heterocycles. The second-order valence-electron chi connectivity index (χ2n) is 4.67. The summed E-state index contributed by atoms with van der Waals surface area (Å²) in [6, 6.07) is 0. The zero-order valence-corrected chi connectivity index (χ0v) is 10.1. The van der Waals surface area contributed by atoms with Crippen LogP contribution in [0.4, 0.5) is 0 Å². The average molecular weight is 227 g/mol. The van der Waals surface area contributed by atoms with Crippen LogP contribution in [-0.4, -0.2) is 25.5 Å². The van der Waals surface area contributed by atoms with Crippen molar-refractivity contribution in [3.63, 3.8) is 0 Å². The van der Waals surface area contributed by atoms with Crippen molar-refractivity contribution in [2.45, 2.75) is 38.5 Å². The van der Waals surface area contributed by atoms with Crippen molar-refractivity contribution in [1.82, 2.24) is 5.32 Å². The maximum atomic E-state index is 11.9. The number of nitrogens with two attached hydrogens (primary N) is 2. The van der Waals surface area contributed by atoms with E-state index in [9.17, 15) is 4.79 Å². The lowest BCUT2D eigenvalue weighted by atomic mass is 9.79. The number of unbranched alkanes of at least 4 members (excludes halogenated alkanes) is 1. The van der Waals surface area contributed by atoms with Crippen LogP contribution in [-0.2, 0) is 4.79 Å². The number of nitrogens with one attached hydrogen (secondary N) is 1. The van der Waals surface area contributed by atoms with Crippen LogP contribution in [0.3, 0.4) is 0 Å². The van der Waals surface area contributed by atoms with Crippen LogP contribution in [0, 0.1) is 11.8 Å². The maximum Gasteiger partial charge on any atom is 0.223 e. The minimum Gasteiger partial charge on any atom is -0.356 e. The first-order chi connectivity index (χ1) is 7.79. The molecule has 4 nitrogen and oxygen atoms in total. The number of hydrogen-bond acceptors (Lipinski definition) is 3.